The molecule has 0 amide bonds. The van der Waals surface area contributed by atoms with E-state index in [-0.39, 0.29) is 23.0 Å². The molecule has 0 radical (unpaired) electrons. The summed E-state index contributed by atoms with van der Waals surface area (Å²) >= 11 is 0. The van der Waals surface area contributed by atoms with E-state index in [1.54, 1.807) is 0 Å². The highest BCUT2D eigenvalue weighted by Gasteiger charge is 2.56. The molecule has 6 atom stereocenters. The van der Waals surface area contributed by atoms with E-state index >= 15 is 0 Å². The Kier molecular flexibility index (Phi) is 4.43. The maximum absolute atomic E-state index is 12.1. The first-order valence-corrected chi connectivity index (χ1v) is 8.20. The molecule has 0 aromatic carbocycles. The standard InChI is InChI=1S/C19H22O6/c1-8-5-14(24-18(22)9(2)7-20)16-11(4)19(23)25-17(16)15-10(3)13(21)6-12(8)15/h12-17,20-21H,1-7H2/t12?,13?,14?,15?,16?,17-/m1/s1. The lowest BCUT2D eigenvalue weighted by Crippen LogP contribution is -2.36. The van der Waals surface area contributed by atoms with Crippen LogP contribution in [-0.4, -0.2) is 47.1 Å². The zero-order valence-corrected chi connectivity index (χ0v) is 13.9. The summed E-state index contributed by atoms with van der Waals surface area (Å²) in [5, 5.41) is 19.2. The fourth-order valence-corrected chi connectivity index (χ4v) is 4.16. The molecule has 1 heterocycles. The van der Waals surface area contributed by atoms with Crippen molar-refractivity contribution in [3.63, 3.8) is 0 Å². The molecular weight excluding hydrogens is 324 g/mol. The van der Waals surface area contributed by atoms with Crippen LogP contribution in [-0.2, 0) is 19.1 Å². The molecular formula is C19H22O6. The third kappa shape index (κ3) is 2.75. The Labute approximate surface area is 146 Å². The van der Waals surface area contributed by atoms with E-state index < -0.39 is 42.8 Å². The topological polar surface area (TPSA) is 93.1 Å². The molecule has 3 aliphatic rings. The van der Waals surface area contributed by atoms with Gasteiger partial charge in [0.1, 0.15) is 12.2 Å². The lowest BCUT2D eigenvalue weighted by atomic mass is 9.81. The Hall–Kier alpha value is -2.18. The Morgan fingerprint density at radius 3 is 2.60 bits per heavy atom. The third-order valence-electron chi connectivity index (χ3n) is 5.51. The molecule has 3 fully saturated rings. The SMILES string of the molecule is C=C(CO)C(=O)OC1CC(=C)C2CC(O)C(=C)C2[C@H]2OC(=O)C(=C)C12. The quantitative estimate of drug-likeness (QED) is 0.451. The monoisotopic (exact) mass is 346 g/mol. The van der Waals surface area contributed by atoms with Gasteiger partial charge in [-0.3, -0.25) is 0 Å². The van der Waals surface area contributed by atoms with Crippen LogP contribution in [0.4, 0.5) is 0 Å². The normalized spacial score (nSPS) is 37.2. The molecule has 2 saturated carbocycles. The minimum atomic E-state index is -0.725. The van der Waals surface area contributed by atoms with Gasteiger partial charge in [-0.25, -0.2) is 9.59 Å². The second kappa shape index (κ2) is 6.28. The minimum absolute atomic E-state index is 0.0673. The summed E-state index contributed by atoms with van der Waals surface area (Å²) in [6.45, 7) is 14.8. The minimum Gasteiger partial charge on any atom is -0.458 e. The molecule has 0 aromatic heterocycles. The Bertz CT molecular complexity index is 690. The summed E-state index contributed by atoms with van der Waals surface area (Å²) in [5.41, 5.74) is 1.59. The van der Waals surface area contributed by atoms with Crippen LogP contribution in [0.25, 0.3) is 0 Å². The molecule has 1 saturated heterocycles. The van der Waals surface area contributed by atoms with Crippen molar-refractivity contribution in [2.24, 2.45) is 17.8 Å². The number of fused-ring (bicyclic) bond motifs is 3. The molecule has 0 aromatic rings. The molecule has 6 heteroatoms. The van der Waals surface area contributed by atoms with Gasteiger partial charge in [0, 0.05) is 17.9 Å². The van der Waals surface area contributed by atoms with Crippen LogP contribution < -0.4 is 0 Å². The summed E-state index contributed by atoms with van der Waals surface area (Å²) in [6, 6.07) is 0. The Balaban J connectivity index is 1.96. The Morgan fingerprint density at radius 2 is 1.96 bits per heavy atom. The van der Waals surface area contributed by atoms with Gasteiger partial charge in [-0.15, -0.1) is 0 Å². The van der Waals surface area contributed by atoms with Gasteiger partial charge in [0.25, 0.3) is 0 Å². The molecule has 25 heavy (non-hydrogen) atoms. The van der Waals surface area contributed by atoms with Crippen LogP contribution in [0.3, 0.4) is 0 Å². The lowest BCUT2D eigenvalue weighted by molar-refractivity contribution is -0.148. The summed E-state index contributed by atoms with van der Waals surface area (Å²) < 4.78 is 11.0. The average Bonchev–Trinajstić information content (AvgIpc) is 2.99. The van der Waals surface area contributed by atoms with Crippen LogP contribution in [0.15, 0.2) is 48.6 Å². The van der Waals surface area contributed by atoms with Gasteiger partial charge in [-0.1, -0.05) is 31.9 Å². The highest BCUT2D eigenvalue weighted by Crippen LogP contribution is 2.52. The third-order valence-corrected chi connectivity index (χ3v) is 5.51. The van der Waals surface area contributed by atoms with Crippen molar-refractivity contribution in [2.75, 3.05) is 6.61 Å². The van der Waals surface area contributed by atoms with Crippen LogP contribution in [0.5, 0.6) is 0 Å². The van der Waals surface area contributed by atoms with Gasteiger partial charge in [-0.2, -0.15) is 0 Å². The second-order valence-electron chi connectivity index (χ2n) is 6.95. The highest BCUT2D eigenvalue weighted by atomic mass is 16.6. The molecule has 1 aliphatic heterocycles. The smallest absolute Gasteiger partial charge is 0.336 e. The molecule has 2 aliphatic carbocycles. The summed E-state index contributed by atoms with van der Waals surface area (Å²) in [7, 11) is 0. The summed E-state index contributed by atoms with van der Waals surface area (Å²) in [5.74, 6) is -2.18. The number of rotatable bonds is 3. The average molecular weight is 346 g/mol. The molecule has 2 N–H and O–H groups in total. The van der Waals surface area contributed by atoms with Crippen molar-refractivity contribution in [1.29, 1.82) is 0 Å². The van der Waals surface area contributed by atoms with Crippen molar-refractivity contribution < 1.29 is 29.3 Å². The predicted octanol–water partition coefficient (Wildman–Crippen LogP) is 1.06. The van der Waals surface area contributed by atoms with Gasteiger partial charge in [-0.05, 0) is 17.9 Å². The highest BCUT2D eigenvalue weighted by molar-refractivity contribution is 5.92. The maximum atomic E-state index is 12.1. The van der Waals surface area contributed by atoms with E-state index in [0.717, 1.165) is 5.57 Å². The van der Waals surface area contributed by atoms with E-state index in [1.807, 2.05) is 0 Å². The lowest BCUT2D eigenvalue weighted by Gasteiger charge is -2.28. The number of hydrogen-bond donors (Lipinski definition) is 2. The molecule has 3 rings (SSSR count). The van der Waals surface area contributed by atoms with Crippen LogP contribution in [0.2, 0.25) is 0 Å². The zero-order chi connectivity index (χ0) is 18.5. The predicted molar refractivity (Wildman–Crippen MR) is 89.1 cm³/mol. The second-order valence-corrected chi connectivity index (χ2v) is 6.95. The number of hydrogen-bond acceptors (Lipinski definition) is 6. The fourth-order valence-electron chi connectivity index (χ4n) is 4.16. The van der Waals surface area contributed by atoms with E-state index in [4.69, 9.17) is 14.6 Å². The van der Waals surface area contributed by atoms with Crippen LogP contribution in [0, 0.1) is 17.8 Å². The van der Waals surface area contributed by atoms with Gasteiger partial charge in [0.2, 0.25) is 0 Å². The molecule has 5 unspecified atom stereocenters. The van der Waals surface area contributed by atoms with Crippen molar-refractivity contribution in [3.8, 4) is 0 Å². The number of carbonyl (C=O) groups is 2. The van der Waals surface area contributed by atoms with E-state index in [9.17, 15) is 14.7 Å². The first-order chi connectivity index (χ1) is 11.8. The van der Waals surface area contributed by atoms with Crippen molar-refractivity contribution in [3.05, 3.63) is 48.6 Å². The van der Waals surface area contributed by atoms with Crippen molar-refractivity contribution in [1.82, 2.24) is 0 Å². The van der Waals surface area contributed by atoms with Gasteiger partial charge < -0.3 is 19.7 Å². The first-order valence-electron chi connectivity index (χ1n) is 8.20. The van der Waals surface area contributed by atoms with Crippen LogP contribution in [0.1, 0.15) is 12.8 Å². The Morgan fingerprint density at radius 1 is 1.28 bits per heavy atom. The van der Waals surface area contributed by atoms with Gasteiger partial charge in [0.15, 0.2) is 0 Å². The molecule has 0 bridgehead atoms. The molecule has 6 nitrogen and oxygen atoms in total. The van der Waals surface area contributed by atoms with Gasteiger partial charge in [0.05, 0.1) is 24.2 Å². The maximum Gasteiger partial charge on any atom is 0.336 e. The number of esters is 2. The zero-order valence-electron chi connectivity index (χ0n) is 13.9. The van der Waals surface area contributed by atoms with Gasteiger partial charge >= 0.3 is 11.9 Å². The fraction of sp³-hybridized carbons (Fsp3) is 0.474. The van der Waals surface area contributed by atoms with E-state index in [0.29, 0.717) is 18.4 Å². The summed E-state index contributed by atoms with van der Waals surface area (Å²) in [6.07, 6.45) is -1.19. The first kappa shape index (κ1) is 17.6. The number of ether oxygens (including phenoxy) is 2. The van der Waals surface area contributed by atoms with Crippen LogP contribution >= 0.6 is 0 Å². The summed E-state index contributed by atoms with van der Waals surface area (Å²) in [4.78, 5) is 24.2. The number of aliphatic hydroxyl groups is 2. The molecule has 0 spiro atoms. The number of aliphatic hydroxyl groups excluding tert-OH is 2. The van der Waals surface area contributed by atoms with Crippen molar-refractivity contribution >= 4 is 11.9 Å². The van der Waals surface area contributed by atoms with E-state index in [1.165, 1.54) is 0 Å². The number of carbonyl (C=O) groups excluding carboxylic acids is 2. The molecule has 134 valence electrons. The van der Waals surface area contributed by atoms with E-state index in [2.05, 4.69) is 26.3 Å². The largest absolute Gasteiger partial charge is 0.458 e. The van der Waals surface area contributed by atoms with Crippen molar-refractivity contribution in [2.45, 2.75) is 31.2 Å².